The minimum absolute atomic E-state index is 0.238. The van der Waals surface area contributed by atoms with Crippen LogP contribution in [0.1, 0.15) is 20.3 Å². The molecule has 1 unspecified atom stereocenters. The Morgan fingerprint density at radius 1 is 1.41 bits per heavy atom. The molecule has 0 aliphatic heterocycles. The normalized spacial score (nSPS) is 13.6. The summed E-state index contributed by atoms with van der Waals surface area (Å²) >= 11 is 0. The maximum Gasteiger partial charge on any atom is 0.208 e. The van der Waals surface area contributed by atoms with Gasteiger partial charge in [-0.2, -0.15) is 0 Å². The van der Waals surface area contributed by atoms with Gasteiger partial charge in [0.1, 0.15) is 0 Å². The van der Waals surface area contributed by atoms with Crippen LogP contribution in [0.4, 0.5) is 0 Å². The van der Waals surface area contributed by atoms with Crippen LogP contribution in [0.25, 0.3) is 0 Å². The molecule has 1 atom stereocenters. The van der Waals surface area contributed by atoms with Gasteiger partial charge in [0.2, 0.25) is 5.96 Å². The van der Waals surface area contributed by atoms with Crippen LogP contribution in [0.3, 0.4) is 0 Å². The van der Waals surface area contributed by atoms with E-state index in [4.69, 9.17) is 15.3 Å². The molecule has 102 valence electrons. The third-order valence-corrected chi connectivity index (χ3v) is 2.45. The van der Waals surface area contributed by atoms with Crippen LogP contribution in [0.2, 0.25) is 0 Å². The molecule has 0 fully saturated rings. The van der Waals surface area contributed by atoms with E-state index >= 15 is 0 Å². The molecule has 0 aliphatic rings. The van der Waals surface area contributed by atoms with E-state index in [2.05, 4.69) is 29.2 Å². The van der Waals surface area contributed by atoms with E-state index in [9.17, 15) is 0 Å². The molecule has 0 aliphatic carbocycles. The fourth-order valence-electron chi connectivity index (χ4n) is 1.61. The number of nitrogens with two attached hydrogens (primary N) is 1. The van der Waals surface area contributed by atoms with Crippen molar-refractivity contribution in [2.75, 3.05) is 40.5 Å². The van der Waals surface area contributed by atoms with Gasteiger partial charge in [-0.25, -0.2) is 5.84 Å². The van der Waals surface area contributed by atoms with Crippen molar-refractivity contribution in [3.05, 3.63) is 0 Å². The zero-order valence-corrected chi connectivity index (χ0v) is 11.4. The van der Waals surface area contributed by atoms with E-state index < -0.39 is 0 Å². The molecule has 6 heteroatoms. The summed E-state index contributed by atoms with van der Waals surface area (Å²) in [5.74, 6) is 6.21. The number of hydrogen-bond acceptors (Lipinski definition) is 4. The van der Waals surface area contributed by atoms with Crippen molar-refractivity contribution in [3.8, 4) is 0 Å². The molecular formula is C11H26N4O2. The van der Waals surface area contributed by atoms with E-state index in [1.54, 1.807) is 14.2 Å². The topological polar surface area (TPSA) is 72.1 Å². The first-order valence-electron chi connectivity index (χ1n) is 5.96. The second-order valence-corrected chi connectivity index (χ2v) is 3.79. The van der Waals surface area contributed by atoms with E-state index in [0.717, 1.165) is 13.0 Å². The molecule has 0 spiro atoms. The number of rotatable bonds is 8. The van der Waals surface area contributed by atoms with Crippen molar-refractivity contribution in [1.82, 2.24) is 10.3 Å². The van der Waals surface area contributed by atoms with Gasteiger partial charge in [0.15, 0.2) is 0 Å². The van der Waals surface area contributed by atoms with Gasteiger partial charge in [-0.1, -0.05) is 0 Å². The van der Waals surface area contributed by atoms with Gasteiger partial charge in [0.05, 0.1) is 12.6 Å². The summed E-state index contributed by atoms with van der Waals surface area (Å²) in [6, 6.07) is 0.238. The van der Waals surface area contributed by atoms with Crippen molar-refractivity contribution in [3.63, 3.8) is 0 Å². The minimum Gasteiger partial charge on any atom is -0.385 e. The Balaban J connectivity index is 4.35. The minimum atomic E-state index is 0.238. The standard InChI is InChI=1S/C11H26N4O2/c1-5-15(10(2)9-17-4)11(14-12)13-7-6-8-16-3/h10H,5-9,12H2,1-4H3,(H,13,14). The number of hydrogen-bond donors (Lipinski definition) is 2. The number of nitrogens with one attached hydrogen (secondary N) is 1. The summed E-state index contributed by atoms with van der Waals surface area (Å²) in [6.45, 7) is 7.03. The highest BCUT2D eigenvalue weighted by atomic mass is 16.5. The Bertz CT molecular complexity index is 212. The van der Waals surface area contributed by atoms with Crippen molar-refractivity contribution in [2.45, 2.75) is 26.3 Å². The van der Waals surface area contributed by atoms with Crippen LogP contribution < -0.4 is 11.3 Å². The monoisotopic (exact) mass is 246 g/mol. The van der Waals surface area contributed by atoms with Crippen LogP contribution in [-0.4, -0.2) is 57.4 Å². The van der Waals surface area contributed by atoms with Crippen LogP contribution in [0, 0.1) is 0 Å². The molecule has 17 heavy (non-hydrogen) atoms. The molecule has 0 saturated heterocycles. The van der Waals surface area contributed by atoms with E-state index in [1.807, 2.05) is 0 Å². The maximum atomic E-state index is 5.50. The second-order valence-electron chi connectivity index (χ2n) is 3.79. The predicted molar refractivity (Wildman–Crippen MR) is 69.8 cm³/mol. The highest BCUT2D eigenvalue weighted by Crippen LogP contribution is 2.00. The van der Waals surface area contributed by atoms with Crippen LogP contribution in [-0.2, 0) is 9.47 Å². The second kappa shape index (κ2) is 10.3. The average Bonchev–Trinajstić information content (AvgIpc) is 2.33. The summed E-state index contributed by atoms with van der Waals surface area (Å²) in [5.41, 5.74) is 2.65. The number of methoxy groups -OCH3 is 2. The largest absolute Gasteiger partial charge is 0.385 e. The van der Waals surface area contributed by atoms with Crippen molar-refractivity contribution >= 4 is 5.96 Å². The average molecular weight is 246 g/mol. The molecule has 0 bridgehead atoms. The Labute approximate surface area is 104 Å². The zero-order valence-electron chi connectivity index (χ0n) is 11.4. The molecule has 0 aromatic heterocycles. The first-order valence-corrected chi connectivity index (χ1v) is 5.96. The Morgan fingerprint density at radius 3 is 2.59 bits per heavy atom. The van der Waals surface area contributed by atoms with Gasteiger partial charge in [0.25, 0.3) is 0 Å². The van der Waals surface area contributed by atoms with Crippen LogP contribution >= 0.6 is 0 Å². The lowest BCUT2D eigenvalue weighted by atomic mass is 10.3. The lowest BCUT2D eigenvalue weighted by Crippen LogP contribution is -2.50. The first kappa shape index (κ1) is 16.1. The molecular weight excluding hydrogens is 220 g/mol. The van der Waals surface area contributed by atoms with Gasteiger partial charge in [-0.15, -0.1) is 0 Å². The number of guanidine groups is 1. The highest BCUT2D eigenvalue weighted by Gasteiger charge is 2.15. The summed E-state index contributed by atoms with van der Waals surface area (Å²) < 4.78 is 10.1. The Hall–Kier alpha value is -0.850. The summed E-state index contributed by atoms with van der Waals surface area (Å²) in [5, 5.41) is 0. The molecule has 0 heterocycles. The fraction of sp³-hybridized carbons (Fsp3) is 0.909. The SMILES string of the molecule is CCN(C(=NCCCOC)NN)C(C)COC. The smallest absolute Gasteiger partial charge is 0.208 e. The van der Waals surface area contributed by atoms with E-state index in [0.29, 0.717) is 25.7 Å². The summed E-state index contributed by atoms with van der Waals surface area (Å²) in [7, 11) is 3.38. The maximum absolute atomic E-state index is 5.50. The van der Waals surface area contributed by atoms with Gasteiger partial charge in [-0.05, 0) is 20.3 Å². The van der Waals surface area contributed by atoms with E-state index in [-0.39, 0.29) is 6.04 Å². The molecule has 0 rings (SSSR count). The number of ether oxygens (including phenoxy) is 2. The number of nitrogens with zero attached hydrogens (tertiary/aromatic N) is 2. The predicted octanol–water partition coefficient (Wildman–Crippen LogP) is 0.199. The molecule has 6 nitrogen and oxygen atoms in total. The van der Waals surface area contributed by atoms with Gasteiger partial charge >= 0.3 is 0 Å². The van der Waals surface area contributed by atoms with Crippen molar-refractivity contribution in [1.29, 1.82) is 0 Å². The Kier molecular flexibility index (Phi) is 9.80. The first-order chi connectivity index (χ1) is 8.21. The third-order valence-electron chi connectivity index (χ3n) is 2.45. The van der Waals surface area contributed by atoms with Crippen molar-refractivity contribution in [2.24, 2.45) is 10.8 Å². The van der Waals surface area contributed by atoms with Gasteiger partial charge < -0.3 is 14.4 Å². The van der Waals surface area contributed by atoms with Crippen molar-refractivity contribution < 1.29 is 9.47 Å². The molecule has 0 aromatic rings. The molecule has 0 radical (unpaired) electrons. The molecule has 3 N–H and O–H groups in total. The van der Waals surface area contributed by atoms with Crippen LogP contribution in [0.5, 0.6) is 0 Å². The third kappa shape index (κ3) is 6.45. The quantitative estimate of drug-likeness (QED) is 0.210. The molecule has 0 amide bonds. The summed E-state index contributed by atoms with van der Waals surface area (Å²) in [6.07, 6.45) is 0.887. The van der Waals surface area contributed by atoms with Gasteiger partial charge in [0, 0.05) is 33.9 Å². The highest BCUT2D eigenvalue weighted by molar-refractivity contribution is 5.79. The number of likely N-dealkylation sites (N-methyl/N-ethyl adjacent to an activating group) is 1. The molecule has 0 saturated carbocycles. The fourth-order valence-corrected chi connectivity index (χ4v) is 1.61. The lowest BCUT2D eigenvalue weighted by Gasteiger charge is -2.30. The van der Waals surface area contributed by atoms with Gasteiger partial charge in [-0.3, -0.25) is 10.4 Å². The summed E-state index contributed by atoms with van der Waals surface area (Å²) in [4.78, 5) is 6.50. The lowest BCUT2D eigenvalue weighted by molar-refractivity contribution is 0.136. The Morgan fingerprint density at radius 2 is 2.12 bits per heavy atom. The zero-order chi connectivity index (χ0) is 13.1. The van der Waals surface area contributed by atoms with E-state index in [1.165, 1.54) is 0 Å². The van der Waals surface area contributed by atoms with Crippen LogP contribution in [0.15, 0.2) is 4.99 Å². The number of aliphatic imine (C=N–C) groups is 1. The number of hydrazine groups is 1. The molecule has 0 aromatic carbocycles.